The van der Waals surface area contributed by atoms with Crippen LogP contribution < -0.4 is 0 Å². The highest BCUT2D eigenvalue weighted by Gasteiger charge is 2.22. The summed E-state index contributed by atoms with van der Waals surface area (Å²) < 4.78 is 0. The van der Waals surface area contributed by atoms with Crippen molar-refractivity contribution in [3.8, 4) is 0 Å². The number of aliphatic carboxylic acids is 1. The lowest BCUT2D eigenvalue weighted by Gasteiger charge is -2.19. The van der Waals surface area contributed by atoms with Gasteiger partial charge in [0.05, 0.1) is 12.0 Å². The Hall–Kier alpha value is -0.570. The number of rotatable bonds is 4. The van der Waals surface area contributed by atoms with Crippen molar-refractivity contribution in [1.82, 2.24) is 0 Å². The van der Waals surface area contributed by atoms with E-state index in [-0.39, 0.29) is 6.42 Å². The number of carboxylic acid groups (broad SMARTS) is 1. The largest absolute Gasteiger partial charge is 0.481 e. The summed E-state index contributed by atoms with van der Waals surface area (Å²) in [5.74, 6) is -0.946. The maximum Gasteiger partial charge on any atom is 0.306 e. The summed E-state index contributed by atoms with van der Waals surface area (Å²) >= 11 is 0. The van der Waals surface area contributed by atoms with E-state index in [4.69, 9.17) is 5.11 Å². The molecule has 0 amide bonds. The molecule has 0 saturated heterocycles. The number of carboxylic acids is 1. The number of carbonyl (C=O) groups is 1. The van der Waals surface area contributed by atoms with E-state index in [1.165, 1.54) is 0 Å². The summed E-state index contributed by atoms with van der Waals surface area (Å²) in [5, 5.41) is 17.6. The van der Waals surface area contributed by atoms with Crippen LogP contribution in [0.25, 0.3) is 0 Å². The molecule has 3 heteroatoms. The first kappa shape index (κ1) is 9.43. The Bertz CT molecular complexity index is 118. The molecule has 10 heavy (non-hydrogen) atoms. The minimum absolute atomic E-state index is 0.166. The lowest BCUT2D eigenvalue weighted by molar-refractivity contribution is -0.142. The third kappa shape index (κ3) is 4.32. The van der Waals surface area contributed by atoms with E-state index in [2.05, 4.69) is 0 Å². The highest BCUT2D eigenvalue weighted by molar-refractivity contribution is 5.67. The average molecular weight is 146 g/mol. The average Bonchev–Trinajstić information content (AvgIpc) is 1.59. The molecule has 0 spiro atoms. The van der Waals surface area contributed by atoms with Gasteiger partial charge in [-0.05, 0) is 13.3 Å². The highest BCUT2D eigenvalue weighted by Crippen LogP contribution is 2.15. The summed E-state index contributed by atoms with van der Waals surface area (Å²) in [4.78, 5) is 10.1. The van der Waals surface area contributed by atoms with Gasteiger partial charge in [-0.1, -0.05) is 13.3 Å². The zero-order chi connectivity index (χ0) is 8.20. The molecule has 0 heterocycles. The van der Waals surface area contributed by atoms with Crippen LogP contribution >= 0.6 is 0 Å². The van der Waals surface area contributed by atoms with Gasteiger partial charge in [-0.15, -0.1) is 0 Å². The molecule has 2 N–H and O–H groups in total. The molecule has 3 nitrogen and oxygen atoms in total. The Kier molecular flexibility index (Phi) is 3.36. The normalized spacial score (nSPS) is 16.3. The second-order valence-electron chi connectivity index (χ2n) is 2.82. The Morgan fingerprint density at radius 3 is 2.40 bits per heavy atom. The number of aliphatic hydroxyl groups is 1. The first-order chi connectivity index (χ1) is 4.48. The van der Waals surface area contributed by atoms with E-state index >= 15 is 0 Å². The number of hydrogen-bond donors (Lipinski definition) is 2. The molecule has 0 rings (SSSR count). The quantitative estimate of drug-likeness (QED) is 0.622. The Balaban J connectivity index is 3.74. The van der Waals surface area contributed by atoms with Crippen molar-refractivity contribution in [3.63, 3.8) is 0 Å². The molecular weight excluding hydrogens is 132 g/mol. The van der Waals surface area contributed by atoms with Crippen LogP contribution in [0.5, 0.6) is 0 Å². The van der Waals surface area contributed by atoms with Crippen LogP contribution in [0.4, 0.5) is 0 Å². The van der Waals surface area contributed by atoms with Gasteiger partial charge in [0.1, 0.15) is 0 Å². The van der Waals surface area contributed by atoms with Gasteiger partial charge in [0.15, 0.2) is 0 Å². The van der Waals surface area contributed by atoms with E-state index in [0.717, 1.165) is 6.42 Å². The molecule has 0 aromatic rings. The molecule has 1 atom stereocenters. The predicted molar refractivity (Wildman–Crippen MR) is 37.8 cm³/mol. The maximum atomic E-state index is 10.1. The van der Waals surface area contributed by atoms with Crippen molar-refractivity contribution in [2.75, 3.05) is 0 Å². The van der Waals surface area contributed by atoms with Gasteiger partial charge in [-0.3, -0.25) is 4.79 Å². The fourth-order valence-electron chi connectivity index (χ4n) is 0.953. The van der Waals surface area contributed by atoms with E-state index in [0.29, 0.717) is 6.42 Å². The molecule has 0 aliphatic carbocycles. The smallest absolute Gasteiger partial charge is 0.306 e. The molecule has 60 valence electrons. The molecule has 0 aromatic heterocycles. The lowest BCUT2D eigenvalue weighted by Crippen LogP contribution is -2.27. The minimum Gasteiger partial charge on any atom is -0.481 e. The summed E-state index contributed by atoms with van der Waals surface area (Å²) in [6.45, 7) is 3.46. The third-order valence-corrected chi connectivity index (χ3v) is 1.32. The molecule has 0 fully saturated rings. The van der Waals surface area contributed by atoms with Gasteiger partial charge in [0.2, 0.25) is 0 Å². The first-order valence-corrected chi connectivity index (χ1v) is 3.42. The van der Waals surface area contributed by atoms with Crippen molar-refractivity contribution in [2.45, 2.75) is 38.7 Å². The second kappa shape index (κ2) is 3.56. The lowest BCUT2D eigenvalue weighted by atomic mass is 9.97. The Morgan fingerprint density at radius 2 is 2.10 bits per heavy atom. The molecule has 0 saturated carbocycles. The molecule has 0 aliphatic heterocycles. The molecule has 0 bridgehead atoms. The minimum atomic E-state index is -1.03. The summed E-state index contributed by atoms with van der Waals surface area (Å²) in [7, 11) is 0. The summed E-state index contributed by atoms with van der Waals surface area (Å²) in [5.41, 5.74) is -1.03. The van der Waals surface area contributed by atoms with Gasteiger partial charge in [-0.2, -0.15) is 0 Å². The molecular formula is C7H14O3. The standard InChI is InChI=1S/C7H14O3/c1-3-4-7(2,10)5-6(8)9/h10H,3-5H2,1-2H3,(H,8,9)/t7-/m0/s1. The first-order valence-electron chi connectivity index (χ1n) is 3.42. The predicted octanol–water partition coefficient (Wildman–Crippen LogP) is 1.01. The Morgan fingerprint density at radius 1 is 1.60 bits per heavy atom. The molecule has 0 aromatic carbocycles. The maximum absolute atomic E-state index is 10.1. The molecule has 0 unspecified atom stereocenters. The van der Waals surface area contributed by atoms with E-state index in [1.807, 2.05) is 6.92 Å². The van der Waals surface area contributed by atoms with E-state index in [9.17, 15) is 9.90 Å². The van der Waals surface area contributed by atoms with Crippen molar-refractivity contribution < 1.29 is 15.0 Å². The van der Waals surface area contributed by atoms with Gasteiger partial charge >= 0.3 is 5.97 Å². The fraction of sp³-hybridized carbons (Fsp3) is 0.857. The van der Waals surface area contributed by atoms with Crippen LogP contribution in [0.15, 0.2) is 0 Å². The van der Waals surface area contributed by atoms with Crippen LogP contribution in [0.1, 0.15) is 33.1 Å². The van der Waals surface area contributed by atoms with Crippen LogP contribution in [0, 0.1) is 0 Å². The van der Waals surface area contributed by atoms with Crippen molar-refractivity contribution >= 4 is 5.97 Å². The van der Waals surface area contributed by atoms with E-state index < -0.39 is 11.6 Å². The zero-order valence-electron chi connectivity index (χ0n) is 6.42. The highest BCUT2D eigenvalue weighted by atomic mass is 16.4. The molecule has 0 radical (unpaired) electrons. The Labute approximate surface area is 60.7 Å². The third-order valence-electron chi connectivity index (χ3n) is 1.32. The second-order valence-corrected chi connectivity index (χ2v) is 2.82. The van der Waals surface area contributed by atoms with Gasteiger partial charge in [0, 0.05) is 0 Å². The van der Waals surface area contributed by atoms with Gasteiger partial charge < -0.3 is 10.2 Å². The van der Waals surface area contributed by atoms with Crippen LogP contribution in [-0.2, 0) is 4.79 Å². The van der Waals surface area contributed by atoms with Crippen LogP contribution in [-0.4, -0.2) is 21.8 Å². The summed E-state index contributed by atoms with van der Waals surface area (Å²) in [6.07, 6.45) is 1.18. The fourth-order valence-corrected chi connectivity index (χ4v) is 0.953. The monoisotopic (exact) mass is 146 g/mol. The van der Waals surface area contributed by atoms with E-state index in [1.54, 1.807) is 6.92 Å². The van der Waals surface area contributed by atoms with Crippen LogP contribution in [0.2, 0.25) is 0 Å². The van der Waals surface area contributed by atoms with Crippen LogP contribution in [0.3, 0.4) is 0 Å². The SMILES string of the molecule is CCC[C@](C)(O)CC(=O)O. The van der Waals surface area contributed by atoms with Crippen molar-refractivity contribution in [3.05, 3.63) is 0 Å². The van der Waals surface area contributed by atoms with Crippen molar-refractivity contribution in [2.24, 2.45) is 0 Å². The summed E-state index contributed by atoms with van der Waals surface area (Å²) in [6, 6.07) is 0. The van der Waals surface area contributed by atoms with Gasteiger partial charge in [0.25, 0.3) is 0 Å². The molecule has 0 aliphatic rings. The van der Waals surface area contributed by atoms with Gasteiger partial charge in [-0.25, -0.2) is 0 Å². The number of hydrogen-bond acceptors (Lipinski definition) is 2. The topological polar surface area (TPSA) is 57.5 Å². The zero-order valence-corrected chi connectivity index (χ0v) is 6.42. The van der Waals surface area contributed by atoms with Crippen molar-refractivity contribution in [1.29, 1.82) is 0 Å².